The van der Waals surface area contributed by atoms with E-state index in [2.05, 4.69) is 25.8 Å². The van der Waals surface area contributed by atoms with E-state index in [0.29, 0.717) is 31.8 Å². The van der Waals surface area contributed by atoms with Crippen molar-refractivity contribution < 1.29 is 17.6 Å². The summed E-state index contributed by atoms with van der Waals surface area (Å²) in [4.78, 5) is 20.9. The summed E-state index contributed by atoms with van der Waals surface area (Å²) >= 11 is 0. The van der Waals surface area contributed by atoms with E-state index in [1.807, 2.05) is 9.21 Å². The van der Waals surface area contributed by atoms with Crippen molar-refractivity contribution in [3.05, 3.63) is 0 Å². The lowest BCUT2D eigenvalue weighted by molar-refractivity contribution is -0.219. The lowest BCUT2D eigenvalue weighted by Crippen LogP contribution is -2.89. The molecule has 43 heavy (non-hydrogen) atoms. The molecule has 7 heterocycles. The Morgan fingerprint density at radius 2 is 1.65 bits per heavy atom. The number of carbonyl (C=O) groups is 1. The normalized spacial score (nSPS) is 42.6. The van der Waals surface area contributed by atoms with Crippen molar-refractivity contribution in [1.29, 1.82) is 0 Å². The van der Waals surface area contributed by atoms with Crippen LogP contribution >= 0.6 is 0 Å². The molecule has 1 saturated carbocycles. The smallest absolute Gasteiger partial charge is 0.229 e. The Balaban J connectivity index is 1.01. The number of nitrogens with zero attached hydrogens (tertiary/aromatic N) is 4. The van der Waals surface area contributed by atoms with Gasteiger partial charge in [-0.3, -0.25) is 19.9 Å². The molecule has 8 aliphatic rings. The molecule has 7 aliphatic heterocycles. The Labute approximate surface area is 256 Å². The molecule has 0 aromatic heterocycles. The molecular weight excluding hydrogens is 571 g/mol. The third-order valence-corrected chi connectivity index (χ3v) is 14.7. The summed E-state index contributed by atoms with van der Waals surface area (Å²) in [5.74, 6) is -0.147. The predicted molar refractivity (Wildman–Crippen MR) is 163 cm³/mol. The molecule has 6 unspecified atom stereocenters. The van der Waals surface area contributed by atoms with E-state index in [1.165, 1.54) is 6.42 Å². The molecule has 2 bridgehead atoms. The largest absolute Gasteiger partial charge is 0.350 e. The molecule has 0 spiro atoms. The van der Waals surface area contributed by atoms with Gasteiger partial charge in [-0.2, -0.15) is 4.31 Å². The predicted octanol–water partition coefficient (Wildman–Crippen LogP) is -0.158. The van der Waals surface area contributed by atoms with Gasteiger partial charge in [-0.1, -0.05) is 19.3 Å². The summed E-state index contributed by atoms with van der Waals surface area (Å²) < 4.78 is 43.9. The number of piperidine rings is 3. The monoisotopic (exact) mass is 624 g/mol. The molecule has 1 amide bonds. The molecule has 8 rings (SSSR count). The summed E-state index contributed by atoms with van der Waals surface area (Å²) in [5.41, 5.74) is 6.08. The van der Waals surface area contributed by atoms with E-state index >= 15 is 0 Å². The number of likely N-dealkylation sites (tertiary alicyclic amines) is 1. The fourth-order valence-corrected chi connectivity index (χ4v) is 12.1. The minimum Gasteiger partial charge on any atom is -0.350 e. The minimum absolute atomic E-state index is 0.0259. The average Bonchev–Trinajstić information content (AvgIpc) is 3.37. The number of carbonyl (C=O) groups excluding carboxylic acids is 1. The zero-order valence-corrected chi connectivity index (χ0v) is 26.5. The van der Waals surface area contributed by atoms with Crippen LogP contribution < -0.4 is 21.7 Å². The highest BCUT2D eigenvalue weighted by Gasteiger charge is 2.67. The molecule has 7 saturated heterocycles. The summed E-state index contributed by atoms with van der Waals surface area (Å²) in [7, 11) is -3.33. The number of alkyl halides is 1. The fraction of sp³-hybridized carbons (Fsp3) is 0.967. The Morgan fingerprint density at radius 3 is 2.40 bits per heavy atom. The SMILES string of the molecule is NC1C(C(=O)NC2CNCCC2N2CCC(S(=O)(=O)N3CCN4CCC3CC4)CC2)C2(C3CCCCC3)NCC(F)CN12. The number of amides is 1. The van der Waals surface area contributed by atoms with E-state index in [9.17, 15) is 17.6 Å². The zero-order valence-electron chi connectivity index (χ0n) is 25.6. The van der Waals surface area contributed by atoms with E-state index < -0.39 is 33.9 Å². The van der Waals surface area contributed by atoms with Crippen LogP contribution in [-0.4, -0.2) is 140 Å². The minimum atomic E-state index is -3.33. The van der Waals surface area contributed by atoms with Crippen molar-refractivity contribution in [3.8, 4) is 0 Å². The van der Waals surface area contributed by atoms with Gasteiger partial charge in [0.15, 0.2) is 0 Å². The molecule has 244 valence electrons. The number of sulfonamides is 1. The van der Waals surface area contributed by atoms with Crippen molar-refractivity contribution in [1.82, 2.24) is 35.0 Å². The average molecular weight is 625 g/mol. The fourth-order valence-electron chi connectivity index (χ4n) is 9.94. The van der Waals surface area contributed by atoms with Crippen molar-refractivity contribution in [2.24, 2.45) is 17.6 Å². The van der Waals surface area contributed by atoms with Gasteiger partial charge in [-0.05, 0) is 83.6 Å². The number of nitrogens with one attached hydrogen (secondary N) is 3. The Hall–Kier alpha value is -0.930. The second-order valence-corrected chi connectivity index (χ2v) is 16.6. The van der Waals surface area contributed by atoms with Crippen molar-refractivity contribution in [2.45, 2.75) is 106 Å². The molecule has 6 atom stereocenters. The first kappa shape index (κ1) is 30.7. The summed E-state index contributed by atoms with van der Waals surface area (Å²) in [5, 5.41) is 10.1. The third kappa shape index (κ3) is 5.47. The molecule has 11 nitrogen and oxygen atoms in total. The number of fused-ring (bicyclic) bond motifs is 5. The van der Waals surface area contributed by atoms with Crippen LogP contribution in [0.25, 0.3) is 0 Å². The van der Waals surface area contributed by atoms with E-state index in [-0.39, 0.29) is 42.4 Å². The first-order chi connectivity index (χ1) is 20.8. The van der Waals surface area contributed by atoms with Crippen LogP contribution in [-0.2, 0) is 14.8 Å². The molecule has 5 N–H and O–H groups in total. The van der Waals surface area contributed by atoms with Crippen LogP contribution in [0, 0.1) is 11.8 Å². The Kier molecular flexibility index (Phi) is 8.82. The van der Waals surface area contributed by atoms with Gasteiger partial charge in [-0.25, -0.2) is 12.8 Å². The summed E-state index contributed by atoms with van der Waals surface area (Å²) in [6, 6.07) is 0.237. The maximum absolute atomic E-state index is 14.5. The van der Waals surface area contributed by atoms with Gasteiger partial charge in [0.2, 0.25) is 15.9 Å². The lowest BCUT2D eigenvalue weighted by Gasteiger charge is -2.68. The van der Waals surface area contributed by atoms with Gasteiger partial charge in [0.05, 0.1) is 29.0 Å². The van der Waals surface area contributed by atoms with E-state index in [1.54, 1.807) is 0 Å². The Morgan fingerprint density at radius 1 is 0.907 bits per heavy atom. The quantitative estimate of drug-likeness (QED) is 0.319. The molecular formula is C30H53FN8O3S. The third-order valence-electron chi connectivity index (χ3n) is 12.2. The number of hydrogen-bond acceptors (Lipinski definition) is 9. The van der Waals surface area contributed by atoms with Crippen LogP contribution in [0.1, 0.15) is 64.2 Å². The van der Waals surface area contributed by atoms with Crippen LogP contribution in [0.3, 0.4) is 0 Å². The summed E-state index contributed by atoms with van der Waals surface area (Å²) in [6.45, 7) is 7.07. The highest BCUT2D eigenvalue weighted by molar-refractivity contribution is 7.89. The van der Waals surface area contributed by atoms with Gasteiger partial charge in [0.25, 0.3) is 0 Å². The van der Waals surface area contributed by atoms with Gasteiger partial charge < -0.3 is 21.3 Å². The van der Waals surface area contributed by atoms with Crippen molar-refractivity contribution >= 4 is 15.9 Å². The lowest BCUT2D eigenvalue weighted by atomic mass is 9.64. The molecule has 13 heteroatoms. The maximum Gasteiger partial charge on any atom is 0.229 e. The second-order valence-electron chi connectivity index (χ2n) is 14.4. The topological polar surface area (TPSA) is 126 Å². The van der Waals surface area contributed by atoms with Crippen LogP contribution in [0.5, 0.6) is 0 Å². The maximum atomic E-state index is 14.5. The van der Waals surface area contributed by atoms with Gasteiger partial charge >= 0.3 is 0 Å². The number of nitrogens with two attached hydrogens (primary N) is 1. The van der Waals surface area contributed by atoms with Gasteiger partial charge in [0, 0.05) is 44.8 Å². The first-order valence-corrected chi connectivity index (χ1v) is 18.7. The molecule has 0 aromatic rings. The number of hydrogen-bond donors (Lipinski definition) is 4. The van der Waals surface area contributed by atoms with E-state index in [4.69, 9.17) is 5.73 Å². The second kappa shape index (κ2) is 12.4. The molecule has 8 fully saturated rings. The Bertz CT molecular complexity index is 1110. The first-order valence-electron chi connectivity index (χ1n) is 17.2. The standard InChI is InChI=1S/C30H53FN8O3S/c31-22-18-34-30(21-4-2-1-3-5-21)27(28(32)38(30)20-22)29(40)35-25-19-33-11-6-26(25)37-14-9-24(10-15-37)43(41,42)39-17-16-36-12-7-23(39)8-13-36/h21-28,33-34H,1-20,32H2,(H,35,40). The van der Waals surface area contributed by atoms with Crippen LogP contribution in [0.2, 0.25) is 0 Å². The number of rotatable bonds is 6. The van der Waals surface area contributed by atoms with Crippen molar-refractivity contribution in [3.63, 3.8) is 0 Å². The highest BCUT2D eigenvalue weighted by atomic mass is 32.2. The zero-order chi connectivity index (χ0) is 29.8. The van der Waals surface area contributed by atoms with Gasteiger partial charge in [-0.15, -0.1) is 0 Å². The molecule has 0 radical (unpaired) electrons. The molecule has 1 aliphatic carbocycles. The highest BCUT2D eigenvalue weighted by Crippen LogP contribution is 2.50. The van der Waals surface area contributed by atoms with Crippen molar-refractivity contribution in [2.75, 3.05) is 65.4 Å². The molecule has 0 aromatic carbocycles. The number of halogens is 1. The van der Waals surface area contributed by atoms with Gasteiger partial charge in [0.1, 0.15) is 6.17 Å². The van der Waals surface area contributed by atoms with Crippen LogP contribution in [0.4, 0.5) is 4.39 Å². The van der Waals surface area contributed by atoms with E-state index in [0.717, 1.165) is 84.2 Å². The van der Waals surface area contributed by atoms with Crippen LogP contribution in [0.15, 0.2) is 0 Å². The summed E-state index contributed by atoms with van der Waals surface area (Å²) in [6.07, 6.45) is 8.19.